The van der Waals surface area contributed by atoms with E-state index in [2.05, 4.69) is 5.10 Å². The number of nitrogens with zero attached hydrogens (tertiary/aromatic N) is 2. The monoisotopic (exact) mass is 541 g/mol. The molecule has 0 atom stereocenters. The standard InChI is InChI=1S/C30H43N3O6/c1-22(2)33(23(3)4)30(36)27-16-15-26(20-28(27)39-19-9-6-10-29(34)35)38-18-8-5-7-17-37-25-13-11-24(12-14-25)21-32-31/h11-16,20-23H,5-10,17-19,31H2,1-4H3,(H,34,35). The minimum atomic E-state index is -0.829. The Kier molecular flexibility index (Phi) is 13.7. The topological polar surface area (TPSA) is 124 Å². The van der Waals surface area contributed by atoms with Crippen molar-refractivity contribution in [3.63, 3.8) is 0 Å². The number of carbonyl (C=O) groups excluding carboxylic acids is 1. The highest BCUT2D eigenvalue weighted by Gasteiger charge is 2.25. The summed E-state index contributed by atoms with van der Waals surface area (Å²) < 4.78 is 17.7. The average molecular weight is 542 g/mol. The van der Waals surface area contributed by atoms with Gasteiger partial charge in [-0.25, -0.2) is 0 Å². The molecule has 0 bridgehead atoms. The fraction of sp³-hybridized carbons (Fsp3) is 0.500. The van der Waals surface area contributed by atoms with Crippen LogP contribution in [0, 0.1) is 0 Å². The van der Waals surface area contributed by atoms with E-state index in [0.29, 0.717) is 49.7 Å². The van der Waals surface area contributed by atoms with E-state index in [-0.39, 0.29) is 24.4 Å². The van der Waals surface area contributed by atoms with Gasteiger partial charge in [-0.2, -0.15) is 5.10 Å². The van der Waals surface area contributed by atoms with Gasteiger partial charge in [0.05, 0.1) is 31.6 Å². The lowest BCUT2D eigenvalue weighted by Crippen LogP contribution is -2.42. The van der Waals surface area contributed by atoms with Crippen LogP contribution >= 0.6 is 0 Å². The van der Waals surface area contributed by atoms with E-state index < -0.39 is 5.97 Å². The van der Waals surface area contributed by atoms with Gasteiger partial charge in [0.25, 0.3) is 5.91 Å². The van der Waals surface area contributed by atoms with Crippen LogP contribution in [-0.2, 0) is 4.79 Å². The number of carboxylic acids is 1. The molecule has 0 fully saturated rings. The normalized spacial score (nSPS) is 11.2. The molecule has 0 radical (unpaired) electrons. The van der Waals surface area contributed by atoms with Crippen LogP contribution in [0.2, 0.25) is 0 Å². The zero-order valence-electron chi connectivity index (χ0n) is 23.6. The minimum absolute atomic E-state index is 0.0331. The predicted molar refractivity (Wildman–Crippen MR) is 153 cm³/mol. The number of hydrogen-bond donors (Lipinski definition) is 2. The maximum atomic E-state index is 13.4. The van der Waals surface area contributed by atoms with Gasteiger partial charge in [0, 0.05) is 24.6 Å². The molecule has 2 rings (SSSR count). The van der Waals surface area contributed by atoms with Gasteiger partial charge in [0.15, 0.2) is 0 Å². The van der Waals surface area contributed by atoms with Crippen LogP contribution in [0.4, 0.5) is 0 Å². The van der Waals surface area contributed by atoms with Crippen molar-refractivity contribution in [3.8, 4) is 17.2 Å². The van der Waals surface area contributed by atoms with Crippen molar-refractivity contribution >= 4 is 18.1 Å². The highest BCUT2D eigenvalue weighted by molar-refractivity contribution is 5.97. The molecule has 39 heavy (non-hydrogen) atoms. The molecule has 0 aliphatic rings. The molecule has 0 saturated heterocycles. The van der Waals surface area contributed by atoms with E-state index in [1.165, 1.54) is 0 Å². The third-order valence-corrected chi connectivity index (χ3v) is 6.00. The Labute approximate surface area is 231 Å². The number of unbranched alkanes of at least 4 members (excludes halogenated alkanes) is 3. The van der Waals surface area contributed by atoms with E-state index >= 15 is 0 Å². The van der Waals surface area contributed by atoms with Gasteiger partial charge in [0.2, 0.25) is 0 Å². The number of hydrogen-bond acceptors (Lipinski definition) is 7. The van der Waals surface area contributed by atoms with Gasteiger partial charge in [-0.15, -0.1) is 0 Å². The summed E-state index contributed by atoms with van der Waals surface area (Å²) in [5.41, 5.74) is 1.40. The Balaban J connectivity index is 1.89. The van der Waals surface area contributed by atoms with Crippen molar-refractivity contribution in [1.29, 1.82) is 0 Å². The third kappa shape index (κ3) is 11.3. The molecule has 0 saturated carbocycles. The van der Waals surface area contributed by atoms with Crippen LogP contribution in [-0.4, -0.2) is 60.0 Å². The van der Waals surface area contributed by atoms with Gasteiger partial charge < -0.3 is 30.1 Å². The van der Waals surface area contributed by atoms with Crippen LogP contribution in [0.3, 0.4) is 0 Å². The van der Waals surface area contributed by atoms with Crippen LogP contribution in [0.5, 0.6) is 17.2 Å². The van der Waals surface area contributed by atoms with Crippen LogP contribution < -0.4 is 20.1 Å². The average Bonchev–Trinajstić information content (AvgIpc) is 2.88. The molecule has 3 N–H and O–H groups in total. The molecule has 2 aromatic rings. The van der Waals surface area contributed by atoms with Crippen molar-refractivity contribution in [2.24, 2.45) is 10.9 Å². The van der Waals surface area contributed by atoms with Gasteiger partial charge in [-0.3, -0.25) is 9.59 Å². The fourth-order valence-electron chi connectivity index (χ4n) is 4.15. The number of amides is 1. The first-order chi connectivity index (χ1) is 18.7. The molecule has 9 heteroatoms. The molecule has 0 aromatic heterocycles. The molecule has 1 amide bonds. The van der Waals surface area contributed by atoms with Crippen molar-refractivity contribution in [2.45, 2.75) is 78.3 Å². The lowest BCUT2D eigenvalue weighted by atomic mass is 10.1. The Bertz CT molecular complexity index is 1050. The molecule has 0 unspecified atom stereocenters. The van der Waals surface area contributed by atoms with E-state index in [0.717, 1.165) is 30.6 Å². The summed E-state index contributed by atoms with van der Waals surface area (Å²) >= 11 is 0. The van der Waals surface area contributed by atoms with Gasteiger partial charge in [-0.1, -0.05) is 0 Å². The number of carbonyl (C=O) groups is 2. The van der Waals surface area contributed by atoms with Crippen LogP contribution in [0.25, 0.3) is 0 Å². The van der Waals surface area contributed by atoms with Gasteiger partial charge in [0.1, 0.15) is 17.2 Å². The van der Waals surface area contributed by atoms with E-state index in [1.54, 1.807) is 24.4 Å². The quantitative estimate of drug-likeness (QED) is 0.111. The Morgan fingerprint density at radius 3 is 2.00 bits per heavy atom. The SMILES string of the molecule is CC(C)N(C(=O)c1ccc(OCCCCCOc2ccc(C=NN)cc2)cc1OCCCCC(=O)O)C(C)C. The molecule has 214 valence electrons. The van der Waals surface area contributed by atoms with E-state index in [9.17, 15) is 9.59 Å². The summed E-state index contributed by atoms with van der Waals surface area (Å²) in [6.07, 6.45) is 5.46. The van der Waals surface area contributed by atoms with Gasteiger partial charge in [-0.05, 0) is 102 Å². The number of carboxylic acid groups (broad SMARTS) is 1. The van der Waals surface area contributed by atoms with Crippen molar-refractivity contribution in [3.05, 3.63) is 53.6 Å². The number of rotatable bonds is 18. The summed E-state index contributed by atoms with van der Waals surface area (Å²) in [5.74, 6) is 6.12. The van der Waals surface area contributed by atoms with E-state index in [4.69, 9.17) is 25.2 Å². The number of aliphatic carboxylic acids is 1. The van der Waals surface area contributed by atoms with Crippen LogP contribution in [0.1, 0.15) is 82.1 Å². The first-order valence-corrected chi connectivity index (χ1v) is 13.6. The Morgan fingerprint density at radius 2 is 1.41 bits per heavy atom. The highest BCUT2D eigenvalue weighted by Crippen LogP contribution is 2.28. The minimum Gasteiger partial charge on any atom is -0.494 e. The number of nitrogens with two attached hydrogens (primary N) is 1. The molecule has 2 aromatic carbocycles. The summed E-state index contributed by atoms with van der Waals surface area (Å²) in [6, 6.07) is 12.9. The number of hydrazone groups is 1. The van der Waals surface area contributed by atoms with Crippen molar-refractivity contribution in [2.75, 3.05) is 19.8 Å². The second-order valence-electron chi connectivity index (χ2n) is 9.86. The van der Waals surface area contributed by atoms with Crippen molar-refractivity contribution < 1.29 is 28.9 Å². The first kappa shape index (κ1) is 31.5. The number of ether oxygens (including phenoxy) is 3. The second kappa shape index (κ2) is 17.0. The lowest BCUT2D eigenvalue weighted by molar-refractivity contribution is -0.137. The summed E-state index contributed by atoms with van der Waals surface area (Å²) in [6.45, 7) is 9.42. The molecule has 0 aliphatic heterocycles. The predicted octanol–water partition coefficient (Wildman–Crippen LogP) is 5.50. The maximum absolute atomic E-state index is 13.4. The highest BCUT2D eigenvalue weighted by atomic mass is 16.5. The smallest absolute Gasteiger partial charge is 0.303 e. The van der Waals surface area contributed by atoms with Crippen molar-refractivity contribution in [1.82, 2.24) is 4.90 Å². The molecule has 0 aliphatic carbocycles. The fourth-order valence-corrected chi connectivity index (χ4v) is 4.15. The lowest BCUT2D eigenvalue weighted by Gasteiger charge is -2.31. The molecule has 0 heterocycles. The summed E-state index contributed by atoms with van der Waals surface area (Å²) in [4.78, 5) is 26.0. The third-order valence-electron chi connectivity index (χ3n) is 6.00. The zero-order valence-corrected chi connectivity index (χ0v) is 23.6. The Morgan fingerprint density at radius 1 is 0.846 bits per heavy atom. The largest absolute Gasteiger partial charge is 0.494 e. The van der Waals surface area contributed by atoms with Crippen LogP contribution in [0.15, 0.2) is 47.6 Å². The molecular weight excluding hydrogens is 498 g/mol. The van der Waals surface area contributed by atoms with Gasteiger partial charge >= 0.3 is 5.97 Å². The summed E-state index contributed by atoms with van der Waals surface area (Å²) in [5, 5.41) is 12.4. The molecule has 0 spiro atoms. The number of benzene rings is 2. The Hall–Kier alpha value is -3.75. The second-order valence-corrected chi connectivity index (χ2v) is 9.86. The molecule has 9 nitrogen and oxygen atoms in total. The van der Waals surface area contributed by atoms with E-state index in [1.807, 2.05) is 56.9 Å². The summed E-state index contributed by atoms with van der Waals surface area (Å²) in [7, 11) is 0. The zero-order chi connectivity index (χ0) is 28.6. The first-order valence-electron chi connectivity index (χ1n) is 13.6. The maximum Gasteiger partial charge on any atom is 0.303 e. The molecular formula is C30H43N3O6.